The molecule has 0 radical (unpaired) electrons. The number of para-hydroxylation sites is 2. The van der Waals surface area contributed by atoms with Gasteiger partial charge in [0.15, 0.2) is 0 Å². The average Bonchev–Trinajstić information content (AvgIpc) is 2.59. The molecule has 24 heavy (non-hydrogen) atoms. The smallest absolute Gasteiger partial charge is 0.261 e. The number of halogens is 1. The number of methoxy groups -OCH3 is 1. The number of amides is 1. The molecule has 3 aromatic rings. The topological polar surface area (TPSA) is 71.2 Å². The van der Waals surface area contributed by atoms with Crippen LogP contribution in [-0.2, 0) is 0 Å². The van der Waals surface area contributed by atoms with Crippen LogP contribution >= 0.6 is 11.6 Å². The molecule has 1 amide bonds. The summed E-state index contributed by atoms with van der Waals surface area (Å²) in [4.78, 5) is 28.1. The van der Waals surface area contributed by atoms with Gasteiger partial charge in [0.2, 0.25) is 5.43 Å². The van der Waals surface area contributed by atoms with Crippen LogP contribution in [0.15, 0.2) is 47.4 Å². The summed E-state index contributed by atoms with van der Waals surface area (Å²) >= 11 is 6.07. The maximum absolute atomic E-state index is 12.6. The van der Waals surface area contributed by atoms with Gasteiger partial charge >= 0.3 is 0 Å². The van der Waals surface area contributed by atoms with Crippen molar-refractivity contribution >= 4 is 34.1 Å². The molecule has 0 spiro atoms. The number of nitrogens with one attached hydrogen (secondary N) is 2. The van der Waals surface area contributed by atoms with Gasteiger partial charge in [-0.05, 0) is 36.8 Å². The van der Waals surface area contributed by atoms with Gasteiger partial charge in [0.05, 0.1) is 18.3 Å². The van der Waals surface area contributed by atoms with Crippen LogP contribution in [0.1, 0.15) is 15.9 Å². The van der Waals surface area contributed by atoms with Gasteiger partial charge in [0, 0.05) is 16.6 Å². The van der Waals surface area contributed by atoms with E-state index in [0.717, 1.165) is 5.56 Å². The third-order valence-electron chi connectivity index (χ3n) is 3.85. The van der Waals surface area contributed by atoms with Crippen molar-refractivity contribution in [2.24, 2.45) is 0 Å². The van der Waals surface area contributed by atoms with E-state index >= 15 is 0 Å². The first kappa shape index (κ1) is 16.1. The minimum absolute atomic E-state index is 0.0233. The number of benzene rings is 2. The summed E-state index contributed by atoms with van der Waals surface area (Å²) in [5.41, 5.74) is 1.56. The highest BCUT2D eigenvalue weighted by atomic mass is 35.5. The van der Waals surface area contributed by atoms with E-state index in [0.29, 0.717) is 27.4 Å². The van der Waals surface area contributed by atoms with E-state index in [1.165, 1.54) is 13.3 Å². The zero-order chi connectivity index (χ0) is 17.3. The van der Waals surface area contributed by atoms with Gasteiger partial charge < -0.3 is 15.0 Å². The number of aromatic amines is 1. The Balaban J connectivity index is 2.03. The Morgan fingerprint density at radius 3 is 2.71 bits per heavy atom. The normalized spacial score (nSPS) is 10.6. The van der Waals surface area contributed by atoms with E-state index < -0.39 is 5.91 Å². The Morgan fingerprint density at radius 2 is 1.96 bits per heavy atom. The van der Waals surface area contributed by atoms with Gasteiger partial charge in [0.25, 0.3) is 5.91 Å². The average molecular weight is 343 g/mol. The summed E-state index contributed by atoms with van der Waals surface area (Å²) in [5, 5.41) is 3.68. The molecule has 2 aromatic carbocycles. The fraction of sp³-hybridized carbons (Fsp3) is 0.111. The largest absolute Gasteiger partial charge is 0.495 e. The molecule has 0 atom stereocenters. The van der Waals surface area contributed by atoms with Gasteiger partial charge in [-0.3, -0.25) is 9.59 Å². The number of fused-ring (bicyclic) bond motifs is 1. The first-order chi connectivity index (χ1) is 11.5. The summed E-state index contributed by atoms with van der Waals surface area (Å²) < 4.78 is 5.20. The highest BCUT2D eigenvalue weighted by Crippen LogP contribution is 2.24. The summed E-state index contributed by atoms with van der Waals surface area (Å²) in [6.45, 7) is 1.81. The van der Waals surface area contributed by atoms with Crippen molar-refractivity contribution in [3.63, 3.8) is 0 Å². The molecule has 0 aliphatic carbocycles. The highest BCUT2D eigenvalue weighted by molar-refractivity contribution is 6.32. The molecule has 0 saturated carbocycles. The van der Waals surface area contributed by atoms with Gasteiger partial charge in [-0.2, -0.15) is 0 Å². The fourth-order valence-electron chi connectivity index (χ4n) is 2.52. The SMILES string of the molecule is COc1ccccc1NC(=O)c1c[nH]c2c(C)c(Cl)ccc2c1=O. The monoisotopic (exact) mass is 342 g/mol. The molecule has 0 saturated heterocycles. The van der Waals surface area contributed by atoms with Crippen LogP contribution in [0.3, 0.4) is 0 Å². The zero-order valence-corrected chi connectivity index (χ0v) is 13.9. The lowest BCUT2D eigenvalue weighted by molar-refractivity contribution is 0.102. The number of rotatable bonds is 3. The van der Waals surface area contributed by atoms with Crippen LogP contribution in [0, 0.1) is 6.92 Å². The van der Waals surface area contributed by atoms with Crippen LogP contribution in [-0.4, -0.2) is 18.0 Å². The maximum Gasteiger partial charge on any atom is 0.261 e. The molecule has 0 fully saturated rings. The standard InChI is InChI=1S/C18H15ClN2O3/c1-10-13(19)8-7-11-16(10)20-9-12(17(11)22)18(23)21-14-5-3-4-6-15(14)24-2/h3-9H,1-2H3,(H,20,22)(H,21,23). The minimum atomic E-state index is -0.504. The lowest BCUT2D eigenvalue weighted by Crippen LogP contribution is -2.22. The number of hydrogen-bond acceptors (Lipinski definition) is 3. The van der Waals surface area contributed by atoms with E-state index in [2.05, 4.69) is 10.3 Å². The first-order valence-corrected chi connectivity index (χ1v) is 7.65. The number of carbonyl (C=O) groups is 1. The second-order valence-corrected chi connectivity index (χ2v) is 5.69. The van der Waals surface area contributed by atoms with Gasteiger partial charge in [-0.1, -0.05) is 23.7 Å². The summed E-state index contributed by atoms with van der Waals surface area (Å²) in [7, 11) is 1.51. The Bertz CT molecular complexity index is 995. The number of hydrogen-bond donors (Lipinski definition) is 2. The lowest BCUT2D eigenvalue weighted by Gasteiger charge is -2.10. The third-order valence-corrected chi connectivity index (χ3v) is 4.26. The van der Waals surface area contributed by atoms with Crippen LogP contribution < -0.4 is 15.5 Å². The number of H-pyrrole nitrogens is 1. The fourth-order valence-corrected chi connectivity index (χ4v) is 2.68. The van der Waals surface area contributed by atoms with E-state index in [4.69, 9.17) is 16.3 Å². The van der Waals surface area contributed by atoms with Crippen molar-refractivity contribution in [2.45, 2.75) is 6.92 Å². The van der Waals surface area contributed by atoms with E-state index in [1.54, 1.807) is 36.4 Å². The number of anilines is 1. The van der Waals surface area contributed by atoms with Crippen molar-refractivity contribution in [3.8, 4) is 5.75 Å². The molecule has 5 nitrogen and oxygen atoms in total. The van der Waals surface area contributed by atoms with E-state index in [1.807, 2.05) is 6.92 Å². The molecule has 3 rings (SSSR count). The summed E-state index contributed by atoms with van der Waals surface area (Å²) in [5.74, 6) is 0.0148. The Labute approximate surface area is 143 Å². The molecule has 0 aliphatic rings. The summed E-state index contributed by atoms with van der Waals surface area (Å²) in [6, 6.07) is 10.3. The molecule has 122 valence electrons. The highest BCUT2D eigenvalue weighted by Gasteiger charge is 2.16. The number of aromatic nitrogens is 1. The second kappa shape index (κ2) is 6.37. The predicted molar refractivity (Wildman–Crippen MR) is 95.3 cm³/mol. The Kier molecular flexibility index (Phi) is 4.27. The van der Waals surface area contributed by atoms with Crippen LogP contribution in [0.5, 0.6) is 5.75 Å². The van der Waals surface area contributed by atoms with Gasteiger partial charge in [-0.25, -0.2) is 0 Å². The number of pyridine rings is 1. The molecule has 0 aliphatic heterocycles. The number of aryl methyl sites for hydroxylation is 1. The third kappa shape index (κ3) is 2.74. The lowest BCUT2D eigenvalue weighted by atomic mass is 10.1. The second-order valence-electron chi connectivity index (χ2n) is 5.28. The van der Waals surface area contributed by atoms with E-state index in [-0.39, 0.29) is 11.0 Å². The molecule has 1 aromatic heterocycles. The van der Waals surface area contributed by atoms with Gasteiger partial charge in [-0.15, -0.1) is 0 Å². The van der Waals surface area contributed by atoms with Crippen LogP contribution in [0.2, 0.25) is 5.02 Å². The molecule has 2 N–H and O–H groups in total. The Hall–Kier alpha value is -2.79. The van der Waals surface area contributed by atoms with Crippen molar-refractivity contribution in [2.75, 3.05) is 12.4 Å². The Morgan fingerprint density at radius 1 is 1.21 bits per heavy atom. The molecule has 0 unspecified atom stereocenters. The quantitative estimate of drug-likeness (QED) is 0.761. The van der Waals surface area contributed by atoms with Crippen molar-refractivity contribution in [1.29, 1.82) is 0 Å². The van der Waals surface area contributed by atoms with E-state index in [9.17, 15) is 9.59 Å². The minimum Gasteiger partial charge on any atom is -0.495 e. The predicted octanol–water partition coefficient (Wildman–Crippen LogP) is 3.75. The molecular weight excluding hydrogens is 328 g/mol. The molecule has 1 heterocycles. The molecular formula is C18H15ClN2O3. The van der Waals surface area contributed by atoms with Crippen molar-refractivity contribution < 1.29 is 9.53 Å². The van der Waals surface area contributed by atoms with Crippen molar-refractivity contribution in [3.05, 3.63) is 69.0 Å². The maximum atomic E-state index is 12.6. The van der Waals surface area contributed by atoms with Crippen molar-refractivity contribution in [1.82, 2.24) is 4.98 Å². The van der Waals surface area contributed by atoms with Crippen LogP contribution in [0.4, 0.5) is 5.69 Å². The molecule has 0 bridgehead atoms. The number of ether oxygens (including phenoxy) is 1. The molecule has 6 heteroatoms. The number of carbonyl (C=O) groups excluding carboxylic acids is 1. The van der Waals surface area contributed by atoms with Crippen LogP contribution in [0.25, 0.3) is 10.9 Å². The van der Waals surface area contributed by atoms with Gasteiger partial charge in [0.1, 0.15) is 11.3 Å². The zero-order valence-electron chi connectivity index (χ0n) is 13.1. The summed E-state index contributed by atoms with van der Waals surface area (Å²) in [6.07, 6.45) is 1.40. The first-order valence-electron chi connectivity index (χ1n) is 7.27.